The first-order valence-corrected chi connectivity index (χ1v) is 5.72. The Bertz CT molecular complexity index is 289. The van der Waals surface area contributed by atoms with E-state index < -0.39 is 0 Å². The van der Waals surface area contributed by atoms with Crippen LogP contribution in [0.4, 0.5) is 0 Å². The van der Waals surface area contributed by atoms with Crippen molar-refractivity contribution >= 4 is 11.8 Å². The van der Waals surface area contributed by atoms with Crippen molar-refractivity contribution < 1.29 is 0 Å². The van der Waals surface area contributed by atoms with Gasteiger partial charge < -0.3 is 5.32 Å². The molecule has 0 fully saturated rings. The lowest BCUT2D eigenvalue weighted by atomic mass is 10.3. The summed E-state index contributed by atoms with van der Waals surface area (Å²) < 4.78 is 0. The molecule has 1 unspecified atom stereocenters. The van der Waals surface area contributed by atoms with Crippen LogP contribution in [0.1, 0.15) is 6.92 Å². The summed E-state index contributed by atoms with van der Waals surface area (Å²) in [7, 11) is 0. The van der Waals surface area contributed by atoms with E-state index >= 15 is 0 Å². The second-order valence-electron chi connectivity index (χ2n) is 2.90. The van der Waals surface area contributed by atoms with Gasteiger partial charge in [0.15, 0.2) is 0 Å². The molecule has 0 aliphatic rings. The summed E-state index contributed by atoms with van der Waals surface area (Å²) in [5.41, 5.74) is 0. The number of benzene rings is 1. The molecule has 1 rings (SSSR count). The zero-order chi connectivity index (χ0) is 10.2. The molecule has 0 amide bonds. The molecule has 1 aromatic carbocycles. The third-order valence-electron chi connectivity index (χ3n) is 1.81. The molecular formula is C12H15NS. The molecule has 0 spiro atoms. The van der Waals surface area contributed by atoms with Crippen molar-refractivity contribution in [2.75, 3.05) is 12.3 Å². The highest BCUT2D eigenvalue weighted by molar-refractivity contribution is 7.99. The molecule has 0 aliphatic heterocycles. The van der Waals surface area contributed by atoms with E-state index in [1.807, 2.05) is 18.2 Å². The molecule has 0 radical (unpaired) electrons. The molecular weight excluding hydrogens is 190 g/mol. The number of thioether (sulfide) groups is 1. The average Bonchev–Trinajstić information content (AvgIpc) is 2.25. The molecule has 1 N–H and O–H groups in total. The van der Waals surface area contributed by atoms with Crippen LogP contribution in [-0.2, 0) is 0 Å². The Hall–Kier alpha value is -0.910. The predicted molar refractivity (Wildman–Crippen MR) is 63.5 cm³/mol. The van der Waals surface area contributed by atoms with Crippen molar-refractivity contribution in [3.05, 3.63) is 30.3 Å². The third kappa shape index (κ3) is 3.87. The summed E-state index contributed by atoms with van der Waals surface area (Å²) in [4.78, 5) is 1.27. The number of hydrogen-bond acceptors (Lipinski definition) is 2. The lowest BCUT2D eigenvalue weighted by molar-refractivity contribution is 0.684. The minimum Gasteiger partial charge on any atom is -0.303 e. The third-order valence-corrected chi connectivity index (χ3v) is 2.92. The molecule has 1 aromatic rings. The van der Waals surface area contributed by atoms with Gasteiger partial charge in [-0.1, -0.05) is 31.0 Å². The minimum atomic E-state index is 0.171. The summed E-state index contributed by atoms with van der Waals surface area (Å²) >= 11 is 1.79. The van der Waals surface area contributed by atoms with Crippen molar-refractivity contribution in [3.8, 4) is 12.3 Å². The maximum atomic E-state index is 5.40. The maximum absolute atomic E-state index is 5.40. The summed E-state index contributed by atoms with van der Waals surface area (Å²) in [6.07, 6.45) is 5.40. The van der Waals surface area contributed by atoms with Crippen LogP contribution in [0.3, 0.4) is 0 Å². The first-order valence-electron chi connectivity index (χ1n) is 4.74. The van der Waals surface area contributed by atoms with Gasteiger partial charge in [0.1, 0.15) is 0 Å². The second-order valence-corrected chi connectivity index (χ2v) is 3.99. The fourth-order valence-corrected chi connectivity index (χ4v) is 2.03. The predicted octanol–water partition coefficient (Wildman–Crippen LogP) is 2.39. The average molecular weight is 205 g/mol. The van der Waals surface area contributed by atoms with Gasteiger partial charge in [0.25, 0.3) is 0 Å². The number of rotatable bonds is 5. The summed E-state index contributed by atoms with van der Waals surface area (Å²) in [6, 6.07) is 10.5. The van der Waals surface area contributed by atoms with E-state index in [0.29, 0.717) is 0 Å². The van der Waals surface area contributed by atoms with Gasteiger partial charge in [0.05, 0.1) is 6.04 Å². The van der Waals surface area contributed by atoms with Gasteiger partial charge in [-0.25, -0.2) is 0 Å². The lowest BCUT2D eigenvalue weighted by Gasteiger charge is -2.10. The molecule has 0 aromatic heterocycles. The lowest BCUT2D eigenvalue weighted by Crippen LogP contribution is -2.29. The molecule has 14 heavy (non-hydrogen) atoms. The van der Waals surface area contributed by atoms with E-state index in [1.165, 1.54) is 4.90 Å². The molecule has 0 aliphatic carbocycles. The van der Waals surface area contributed by atoms with Crippen LogP contribution in [0.2, 0.25) is 0 Å². The Labute approximate surface area is 90.3 Å². The monoisotopic (exact) mass is 205 g/mol. The Morgan fingerprint density at radius 3 is 2.71 bits per heavy atom. The quantitative estimate of drug-likeness (QED) is 0.585. The second kappa shape index (κ2) is 6.53. The van der Waals surface area contributed by atoms with Gasteiger partial charge in [0, 0.05) is 10.6 Å². The van der Waals surface area contributed by atoms with Crippen molar-refractivity contribution in [1.82, 2.24) is 5.32 Å². The van der Waals surface area contributed by atoms with E-state index in [4.69, 9.17) is 6.42 Å². The first-order chi connectivity index (χ1) is 6.86. The highest BCUT2D eigenvalue weighted by Crippen LogP contribution is 2.17. The fraction of sp³-hybridized carbons (Fsp3) is 0.333. The zero-order valence-corrected chi connectivity index (χ0v) is 9.18. The molecule has 2 heteroatoms. The molecule has 1 nitrogen and oxygen atoms in total. The van der Waals surface area contributed by atoms with Crippen LogP contribution >= 0.6 is 11.8 Å². The van der Waals surface area contributed by atoms with Crippen molar-refractivity contribution in [2.45, 2.75) is 17.9 Å². The van der Waals surface area contributed by atoms with E-state index in [1.54, 1.807) is 11.8 Å². The van der Waals surface area contributed by atoms with Crippen LogP contribution in [-0.4, -0.2) is 18.3 Å². The van der Waals surface area contributed by atoms with Crippen LogP contribution in [0, 0.1) is 12.3 Å². The van der Waals surface area contributed by atoms with Gasteiger partial charge in [-0.15, -0.1) is 18.2 Å². The van der Waals surface area contributed by atoms with Crippen molar-refractivity contribution in [1.29, 1.82) is 0 Å². The Morgan fingerprint density at radius 1 is 1.43 bits per heavy atom. The fourth-order valence-electron chi connectivity index (χ4n) is 1.11. The standard InChI is InChI=1S/C12H15NS/c1-3-11(13-4-2)10-14-12-8-6-5-7-9-12/h1,5-9,11,13H,4,10H2,2H3. The normalized spacial score (nSPS) is 12.0. The van der Waals surface area contributed by atoms with E-state index in [0.717, 1.165) is 12.3 Å². The highest BCUT2D eigenvalue weighted by Gasteiger charge is 2.02. The molecule has 1 atom stereocenters. The Kier molecular flexibility index (Phi) is 5.21. The van der Waals surface area contributed by atoms with E-state index in [9.17, 15) is 0 Å². The van der Waals surface area contributed by atoms with Crippen molar-refractivity contribution in [3.63, 3.8) is 0 Å². The van der Waals surface area contributed by atoms with E-state index in [2.05, 4.69) is 30.3 Å². The van der Waals surface area contributed by atoms with Gasteiger partial charge in [-0.2, -0.15) is 0 Å². The summed E-state index contributed by atoms with van der Waals surface area (Å²) in [6.45, 7) is 2.99. The topological polar surface area (TPSA) is 12.0 Å². The van der Waals surface area contributed by atoms with Gasteiger partial charge in [-0.3, -0.25) is 0 Å². The maximum Gasteiger partial charge on any atom is 0.0782 e. The molecule has 0 heterocycles. The molecule has 0 bridgehead atoms. The Balaban J connectivity index is 2.37. The SMILES string of the molecule is C#CC(CSc1ccccc1)NCC. The highest BCUT2D eigenvalue weighted by atomic mass is 32.2. The largest absolute Gasteiger partial charge is 0.303 e. The van der Waals surface area contributed by atoms with Crippen LogP contribution in [0.5, 0.6) is 0 Å². The van der Waals surface area contributed by atoms with E-state index in [-0.39, 0.29) is 6.04 Å². The smallest absolute Gasteiger partial charge is 0.0782 e. The number of terminal acetylenes is 1. The number of nitrogens with one attached hydrogen (secondary N) is 1. The van der Waals surface area contributed by atoms with Gasteiger partial charge in [0.2, 0.25) is 0 Å². The van der Waals surface area contributed by atoms with Crippen LogP contribution in [0.25, 0.3) is 0 Å². The number of hydrogen-bond donors (Lipinski definition) is 1. The molecule has 74 valence electrons. The summed E-state index contributed by atoms with van der Waals surface area (Å²) in [5, 5.41) is 3.25. The molecule has 0 saturated heterocycles. The van der Waals surface area contributed by atoms with Crippen LogP contribution < -0.4 is 5.32 Å². The van der Waals surface area contributed by atoms with Gasteiger partial charge >= 0.3 is 0 Å². The Morgan fingerprint density at radius 2 is 2.14 bits per heavy atom. The molecule has 0 saturated carbocycles. The minimum absolute atomic E-state index is 0.171. The zero-order valence-electron chi connectivity index (χ0n) is 8.36. The first kappa shape index (κ1) is 11.2. The van der Waals surface area contributed by atoms with Crippen molar-refractivity contribution in [2.24, 2.45) is 0 Å². The van der Waals surface area contributed by atoms with Gasteiger partial charge in [-0.05, 0) is 18.7 Å². The summed E-state index contributed by atoms with van der Waals surface area (Å²) in [5.74, 6) is 3.67. The van der Waals surface area contributed by atoms with Crippen LogP contribution in [0.15, 0.2) is 35.2 Å².